The van der Waals surface area contributed by atoms with E-state index in [0.29, 0.717) is 0 Å². The lowest BCUT2D eigenvalue weighted by atomic mass is 9.95. The Balaban J connectivity index is 2.08. The highest BCUT2D eigenvalue weighted by Crippen LogP contribution is 2.27. The Labute approximate surface area is 108 Å². The molecule has 1 aromatic carbocycles. The van der Waals surface area contributed by atoms with Crippen molar-refractivity contribution in [2.24, 2.45) is 0 Å². The minimum absolute atomic E-state index is 0.963. The van der Waals surface area contributed by atoms with Crippen LogP contribution in [-0.2, 0) is 19.5 Å². The summed E-state index contributed by atoms with van der Waals surface area (Å²) in [6.07, 6.45) is 6.24. The molecular formula is C15H19N3. The number of benzene rings is 1. The maximum absolute atomic E-state index is 4.55. The highest BCUT2D eigenvalue weighted by Gasteiger charge is 2.16. The molecule has 1 aliphatic rings. The van der Waals surface area contributed by atoms with Crippen LogP contribution in [-0.4, -0.2) is 16.1 Å². The molecule has 0 spiro atoms. The van der Waals surface area contributed by atoms with E-state index in [1.165, 1.54) is 16.7 Å². The van der Waals surface area contributed by atoms with Crippen LogP contribution in [0.3, 0.4) is 0 Å². The van der Waals surface area contributed by atoms with Gasteiger partial charge in [-0.25, -0.2) is 4.98 Å². The molecule has 0 saturated carbocycles. The van der Waals surface area contributed by atoms with Crippen molar-refractivity contribution in [1.82, 2.24) is 14.9 Å². The summed E-state index contributed by atoms with van der Waals surface area (Å²) in [7, 11) is 0. The molecule has 3 rings (SSSR count). The normalized spacial score (nSPS) is 14.5. The van der Waals surface area contributed by atoms with E-state index >= 15 is 0 Å². The minimum Gasteiger partial charge on any atom is -0.331 e. The van der Waals surface area contributed by atoms with Crippen LogP contribution in [0.15, 0.2) is 30.6 Å². The molecule has 1 aliphatic heterocycles. The topological polar surface area (TPSA) is 29.9 Å². The third-order valence-corrected chi connectivity index (χ3v) is 3.57. The first kappa shape index (κ1) is 11.5. The Morgan fingerprint density at radius 2 is 2.33 bits per heavy atom. The van der Waals surface area contributed by atoms with Crippen LogP contribution in [0, 0.1) is 0 Å². The Morgan fingerprint density at radius 3 is 3.22 bits per heavy atom. The summed E-state index contributed by atoms with van der Waals surface area (Å²) in [6.45, 7) is 5.28. The summed E-state index contributed by atoms with van der Waals surface area (Å²) >= 11 is 0. The van der Waals surface area contributed by atoms with Gasteiger partial charge in [-0.3, -0.25) is 0 Å². The van der Waals surface area contributed by atoms with Crippen LogP contribution in [0.2, 0.25) is 0 Å². The van der Waals surface area contributed by atoms with Gasteiger partial charge in [0.15, 0.2) is 0 Å². The minimum atomic E-state index is 0.963. The molecule has 3 heteroatoms. The van der Waals surface area contributed by atoms with Gasteiger partial charge >= 0.3 is 0 Å². The van der Waals surface area contributed by atoms with Crippen molar-refractivity contribution in [1.29, 1.82) is 0 Å². The van der Waals surface area contributed by atoms with Gasteiger partial charge in [0.2, 0.25) is 0 Å². The van der Waals surface area contributed by atoms with Crippen LogP contribution in [0.5, 0.6) is 0 Å². The number of imidazole rings is 1. The molecule has 0 fully saturated rings. The van der Waals surface area contributed by atoms with Crippen molar-refractivity contribution in [3.63, 3.8) is 0 Å². The monoisotopic (exact) mass is 241 g/mol. The summed E-state index contributed by atoms with van der Waals surface area (Å²) in [5, 5.41) is 3.46. The Bertz CT molecular complexity index is 542. The quantitative estimate of drug-likeness (QED) is 0.895. The number of hydrogen-bond donors (Lipinski definition) is 1. The summed E-state index contributed by atoms with van der Waals surface area (Å²) in [5.41, 5.74) is 4.18. The number of aromatic nitrogens is 2. The van der Waals surface area contributed by atoms with Crippen molar-refractivity contribution >= 4 is 0 Å². The lowest BCUT2D eigenvalue weighted by Crippen LogP contribution is -2.24. The van der Waals surface area contributed by atoms with Gasteiger partial charge in [0, 0.05) is 31.0 Å². The first-order valence-corrected chi connectivity index (χ1v) is 6.73. The van der Waals surface area contributed by atoms with Crippen LogP contribution in [0.25, 0.3) is 11.4 Å². The lowest BCUT2D eigenvalue weighted by Gasteiger charge is -2.20. The molecular weight excluding hydrogens is 222 g/mol. The van der Waals surface area contributed by atoms with Gasteiger partial charge in [-0.2, -0.15) is 0 Å². The van der Waals surface area contributed by atoms with Crippen molar-refractivity contribution in [3.8, 4) is 11.4 Å². The molecule has 0 saturated heterocycles. The zero-order valence-corrected chi connectivity index (χ0v) is 10.8. The molecule has 1 N–H and O–H groups in total. The maximum Gasteiger partial charge on any atom is 0.140 e. The van der Waals surface area contributed by atoms with E-state index in [9.17, 15) is 0 Å². The Kier molecular flexibility index (Phi) is 3.15. The first-order chi connectivity index (χ1) is 8.90. The van der Waals surface area contributed by atoms with Crippen LogP contribution in [0.1, 0.15) is 24.5 Å². The van der Waals surface area contributed by atoms with Gasteiger partial charge in [0.25, 0.3) is 0 Å². The van der Waals surface area contributed by atoms with Gasteiger partial charge in [0.05, 0.1) is 0 Å². The standard InChI is InChI=1S/C15H19N3/c1-2-9-18-10-8-17-15(18)13-5-3-4-12-6-7-16-11-14(12)13/h3-5,8,10,16H,2,6-7,9,11H2,1H3. The molecule has 2 aromatic rings. The number of rotatable bonds is 3. The van der Waals surface area contributed by atoms with Crippen molar-refractivity contribution < 1.29 is 0 Å². The number of aryl methyl sites for hydroxylation is 1. The van der Waals surface area contributed by atoms with Gasteiger partial charge in [0.1, 0.15) is 5.82 Å². The molecule has 1 aromatic heterocycles. The summed E-state index contributed by atoms with van der Waals surface area (Å²) < 4.78 is 2.25. The fourth-order valence-corrected chi connectivity index (χ4v) is 2.70. The van der Waals surface area contributed by atoms with Gasteiger partial charge in [-0.05, 0) is 30.5 Å². The first-order valence-electron chi connectivity index (χ1n) is 6.73. The van der Waals surface area contributed by atoms with Crippen molar-refractivity contribution in [2.75, 3.05) is 6.54 Å². The number of fused-ring (bicyclic) bond motifs is 1. The predicted octanol–water partition coefficient (Wildman–Crippen LogP) is 2.61. The number of hydrogen-bond acceptors (Lipinski definition) is 2. The van der Waals surface area contributed by atoms with Crippen LogP contribution < -0.4 is 5.32 Å². The molecule has 0 unspecified atom stereocenters. The van der Waals surface area contributed by atoms with E-state index in [0.717, 1.165) is 38.3 Å². The second-order valence-corrected chi connectivity index (χ2v) is 4.81. The van der Waals surface area contributed by atoms with Crippen molar-refractivity contribution in [2.45, 2.75) is 32.9 Å². The molecule has 0 amide bonds. The highest BCUT2D eigenvalue weighted by atomic mass is 15.1. The second kappa shape index (κ2) is 4.94. The van der Waals surface area contributed by atoms with E-state index < -0.39 is 0 Å². The smallest absolute Gasteiger partial charge is 0.140 e. The largest absolute Gasteiger partial charge is 0.331 e. The lowest BCUT2D eigenvalue weighted by molar-refractivity contribution is 0.641. The van der Waals surface area contributed by atoms with Crippen LogP contribution >= 0.6 is 0 Å². The van der Waals surface area contributed by atoms with Crippen LogP contribution in [0.4, 0.5) is 0 Å². The van der Waals surface area contributed by atoms with E-state index in [-0.39, 0.29) is 0 Å². The SMILES string of the molecule is CCCn1ccnc1-c1cccc2c1CNCC2. The molecule has 3 nitrogen and oxygen atoms in total. The third-order valence-electron chi connectivity index (χ3n) is 3.57. The number of nitrogens with zero attached hydrogens (tertiary/aromatic N) is 2. The van der Waals surface area contributed by atoms with E-state index in [1.54, 1.807) is 0 Å². The molecule has 0 aliphatic carbocycles. The summed E-state index contributed by atoms with van der Waals surface area (Å²) in [5.74, 6) is 1.11. The number of nitrogens with one attached hydrogen (secondary N) is 1. The fourth-order valence-electron chi connectivity index (χ4n) is 2.70. The zero-order chi connectivity index (χ0) is 12.4. The molecule has 18 heavy (non-hydrogen) atoms. The molecule has 0 bridgehead atoms. The van der Waals surface area contributed by atoms with Gasteiger partial charge < -0.3 is 9.88 Å². The predicted molar refractivity (Wildman–Crippen MR) is 73.4 cm³/mol. The van der Waals surface area contributed by atoms with E-state index in [4.69, 9.17) is 0 Å². The van der Waals surface area contributed by atoms with Gasteiger partial charge in [-0.1, -0.05) is 25.1 Å². The second-order valence-electron chi connectivity index (χ2n) is 4.81. The van der Waals surface area contributed by atoms with Gasteiger partial charge in [-0.15, -0.1) is 0 Å². The zero-order valence-electron chi connectivity index (χ0n) is 10.8. The summed E-state index contributed by atoms with van der Waals surface area (Å²) in [6, 6.07) is 6.59. The average Bonchev–Trinajstić information content (AvgIpc) is 2.87. The molecule has 2 heterocycles. The Morgan fingerprint density at radius 1 is 1.39 bits per heavy atom. The maximum atomic E-state index is 4.55. The molecule has 94 valence electrons. The molecule has 0 radical (unpaired) electrons. The fraction of sp³-hybridized carbons (Fsp3) is 0.400. The third kappa shape index (κ3) is 1.95. The Hall–Kier alpha value is -1.61. The summed E-state index contributed by atoms with van der Waals surface area (Å²) in [4.78, 5) is 4.55. The highest BCUT2D eigenvalue weighted by molar-refractivity contribution is 5.63. The van der Waals surface area contributed by atoms with E-state index in [2.05, 4.69) is 46.2 Å². The average molecular weight is 241 g/mol. The van der Waals surface area contributed by atoms with E-state index in [1.807, 2.05) is 6.20 Å². The van der Waals surface area contributed by atoms with Crippen molar-refractivity contribution in [3.05, 3.63) is 41.7 Å². The molecule has 0 atom stereocenters.